The zero-order valence-corrected chi connectivity index (χ0v) is 18.1. The van der Waals surface area contributed by atoms with Crippen LogP contribution in [0.15, 0.2) is 45.8 Å². The quantitative estimate of drug-likeness (QED) is 0.676. The van der Waals surface area contributed by atoms with Crippen LogP contribution in [0.5, 0.6) is 5.75 Å². The molecule has 0 radical (unpaired) electrons. The Hall–Kier alpha value is -2.43. The second-order valence-corrected chi connectivity index (χ2v) is 9.01. The highest BCUT2D eigenvalue weighted by Gasteiger charge is 2.24. The number of nitrogens with one attached hydrogen (secondary N) is 2. The molecule has 2 rings (SSSR count). The van der Waals surface area contributed by atoms with E-state index in [-0.39, 0.29) is 22.1 Å². The van der Waals surface area contributed by atoms with E-state index in [1.807, 2.05) is 0 Å². The van der Waals surface area contributed by atoms with Gasteiger partial charge in [0.2, 0.25) is 15.9 Å². The smallest absolute Gasteiger partial charge is 0.255 e. The van der Waals surface area contributed by atoms with Crippen LogP contribution in [-0.4, -0.2) is 45.7 Å². The molecule has 8 nitrogen and oxygen atoms in total. The molecule has 0 atom stereocenters. The summed E-state index contributed by atoms with van der Waals surface area (Å²) in [6.45, 7) is 1.36. The summed E-state index contributed by atoms with van der Waals surface area (Å²) >= 11 is 3.32. The first-order valence-electron chi connectivity index (χ1n) is 8.05. The topological polar surface area (TPSA) is 105 Å². The lowest BCUT2D eigenvalue weighted by Crippen LogP contribution is -2.23. The standard InChI is InChI=1S/C18H20BrN3O5S/c1-11(23)20-14-7-6-13(19)10-15(14)21-18(24)12-5-8-16(27-4)17(9-12)28(25,26)22(2)3/h5-10H,1-4H3,(H,20,23)(H,21,24). The summed E-state index contributed by atoms with van der Waals surface area (Å²) in [6, 6.07) is 9.11. The Balaban J connectivity index is 2.44. The van der Waals surface area contributed by atoms with Gasteiger partial charge >= 0.3 is 0 Å². The molecular weight excluding hydrogens is 450 g/mol. The maximum atomic E-state index is 12.7. The highest BCUT2D eigenvalue weighted by Crippen LogP contribution is 2.29. The molecule has 0 aliphatic heterocycles. The molecule has 0 fully saturated rings. The van der Waals surface area contributed by atoms with Crippen LogP contribution in [0.1, 0.15) is 17.3 Å². The number of carbonyl (C=O) groups excluding carboxylic acids is 2. The van der Waals surface area contributed by atoms with Gasteiger partial charge in [0, 0.05) is 31.1 Å². The molecule has 0 saturated carbocycles. The summed E-state index contributed by atoms with van der Waals surface area (Å²) in [5, 5.41) is 5.31. The van der Waals surface area contributed by atoms with Crippen molar-refractivity contribution in [1.82, 2.24) is 4.31 Å². The molecule has 0 spiro atoms. The van der Waals surface area contributed by atoms with Gasteiger partial charge in [-0.2, -0.15) is 0 Å². The Labute approximate surface area is 172 Å². The Morgan fingerprint density at radius 1 is 1.04 bits per heavy atom. The van der Waals surface area contributed by atoms with E-state index in [2.05, 4.69) is 26.6 Å². The maximum absolute atomic E-state index is 12.7. The van der Waals surface area contributed by atoms with Crippen molar-refractivity contribution in [2.24, 2.45) is 0 Å². The fraction of sp³-hybridized carbons (Fsp3) is 0.222. The number of methoxy groups -OCH3 is 1. The number of anilines is 2. The summed E-state index contributed by atoms with van der Waals surface area (Å²) in [4.78, 5) is 24.0. The molecule has 2 aromatic carbocycles. The van der Waals surface area contributed by atoms with Crippen LogP contribution in [0.25, 0.3) is 0 Å². The van der Waals surface area contributed by atoms with Crippen molar-refractivity contribution in [2.75, 3.05) is 31.8 Å². The molecule has 0 aromatic heterocycles. The van der Waals surface area contributed by atoms with Gasteiger partial charge in [-0.05, 0) is 36.4 Å². The van der Waals surface area contributed by atoms with Crippen LogP contribution in [0.3, 0.4) is 0 Å². The highest BCUT2D eigenvalue weighted by molar-refractivity contribution is 9.10. The number of amides is 2. The van der Waals surface area contributed by atoms with Gasteiger partial charge in [-0.25, -0.2) is 12.7 Å². The first-order chi connectivity index (χ1) is 13.1. The zero-order valence-electron chi connectivity index (χ0n) is 15.7. The molecule has 28 heavy (non-hydrogen) atoms. The van der Waals surface area contributed by atoms with Crippen molar-refractivity contribution in [3.63, 3.8) is 0 Å². The van der Waals surface area contributed by atoms with Gasteiger partial charge in [-0.3, -0.25) is 9.59 Å². The minimum Gasteiger partial charge on any atom is -0.495 e. The van der Waals surface area contributed by atoms with E-state index in [9.17, 15) is 18.0 Å². The fourth-order valence-electron chi connectivity index (χ4n) is 2.33. The van der Waals surface area contributed by atoms with Crippen molar-refractivity contribution in [1.29, 1.82) is 0 Å². The lowest BCUT2D eigenvalue weighted by molar-refractivity contribution is -0.114. The lowest BCUT2D eigenvalue weighted by atomic mass is 10.2. The third kappa shape index (κ3) is 4.89. The first kappa shape index (κ1) is 21.9. The van der Waals surface area contributed by atoms with E-state index >= 15 is 0 Å². The Bertz CT molecular complexity index is 1020. The van der Waals surface area contributed by atoms with Crippen LogP contribution in [0, 0.1) is 0 Å². The number of nitrogens with zero attached hydrogens (tertiary/aromatic N) is 1. The van der Waals surface area contributed by atoms with E-state index in [1.54, 1.807) is 18.2 Å². The molecule has 0 bridgehead atoms. The van der Waals surface area contributed by atoms with E-state index in [0.717, 1.165) is 4.31 Å². The number of halogens is 1. The molecule has 0 unspecified atom stereocenters. The van der Waals surface area contributed by atoms with Crippen molar-refractivity contribution < 1.29 is 22.7 Å². The molecule has 2 amide bonds. The van der Waals surface area contributed by atoms with E-state index in [1.165, 1.54) is 46.3 Å². The Morgan fingerprint density at radius 3 is 2.29 bits per heavy atom. The average Bonchev–Trinajstić information content (AvgIpc) is 2.62. The summed E-state index contributed by atoms with van der Waals surface area (Å²) in [5.74, 6) is -0.698. The van der Waals surface area contributed by atoms with Crippen molar-refractivity contribution in [3.05, 3.63) is 46.4 Å². The second-order valence-electron chi connectivity index (χ2n) is 5.98. The van der Waals surface area contributed by atoms with Crippen LogP contribution in [0.2, 0.25) is 0 Å². The molecule has 150 valence electrons. The maximum Gasteiger partial charge on any atom is 0.255 e. The van der Waals surface area contributed by atoms with Crippen LogP contribution in [-0.2, 0) is 14.8 Å². The highest BCUT2D eigenvalue weighted by atomic mass is 79.9. The van der Waals surface area contributed by atoms with Crippen molar-refractivity contribution in [2.45, 2.75) is 11.8 Å². The molecule has 10 heteroatoms. The fourth-order valence-corrected chi connectivity index (χ4v) is 3.77. The molecular formula is C18H20BrN3O5S. The van der Waals surface area contributed by atoms with Gasteiger partial charge < -0.3 is 15.4 Å². The van der Waals surface area contributed by atoms with Gasteiger partial charge in [-0.15, -0.1) is 0 Å². The monoisotopic (exact) mass is 469 g/mol. The van der Waals surface area contributed by atoms with Crippen LogP contribution >= 0.6 is 15.9 Å². The molecule has 0 saturated heterocycles. The van der Waals surface area contributed by atoms with Gasteiger partial charge in [-0.1, -0.05) is 15.9 Å². The van der Waals surface area contributed by atoms with Crippen molar-refractivity contribution in [3.8, 4) is 5.75 Å². The molecule has 0 aliphatic carbocycles. The summed E-state index contributed by atoms with van der Waals surface area (Å²) in [6.07, 6.45) is 0. The largest absolute Gasteiger partial charge is 0.495 e. The minimum absolute atomic E-state index is 0.120. The van der Waals surface area contributed by atoms with E-state index < -0.39 is 15.9 Å². The summed E-state index contributed by atoms with van der Waals surface area (Å²) < 4.78 is 31.9. The number of ether oxygens (including phenoxy) is 1. The SMILES string of the molecule is COc1ccc(C(=O)Nc2cc(Br)ccc2NC(C)=O)cc1S(=O)(=O)N(C)C. The number of hydrogen-bond acceptors (Lipinski definition) is 5. The van der Waals surface area contributed by atoms with Gasteiger partial charge in [0.25, 0.3) is 5.91 Å². The third-order valence-electron chi connectivity index (χ3n) is 3.72. The molecule has 0 aliphatic rings. The lowest BCUT2D eigenvalue weighted by Gasteiger charge is -2.16. The number of carbonyl (C=O) groups is 2. The third-order valence-corrected chi connectivity index (χ3v) is 6.05. The zero-order chi connectivity index (χ0) is 21.1. The van der Waals surface area contributed by atoms with E-state index in [4.69, 9.17) is 4.74 Å². The van der Waals surface area contributed by atoms with Gasteiger partial charge in [0.1, 0.15) is 10.6 Å². The van der Waals surface area contributed by atoms with E-state index in [0.29, 0.717) is 15.8 Å². The predicted octanol–water partition coefficient (Wildman–Crippen LogP) is 2.92. The number of rotatable bonds is 6. The Kier molecular flexibility index (Phi) is 6.81. The summed E-state index contributed by atoms with van der Waals surface area (Å²) in [7, 11) is 0.320. The molecule has 2 N–H and O–H groups in total. The second kappa shape index (κ2) is 8.72. The molecule has 2 aromatic rings. The summed E-state index contributed by atoms with van der Waals surface area (Å²) in [5.41, 5.74) is 0.899. The van der Waals surface area contributed by atoms with Gasteiger partial charge in [0.15, 0.2) is 0 Å². The number of benzene rings is 2. The normalized spacial score (nSPS) is 11.2. The average molecular weight is 470 g/mol. The van der Waals surface area contributed by atoms with Crippen LogP contribution < -0.4 is 15.4 Å². The van der Waals surface area contributed by atoms with Gasteiger partial charge in [0.05, 0.1) is 18.5 Å². The minimum atomic E-state index is -3.82. The Morgan fingerprint density at radius 2 is 1.71 bits per heavy atom. The molecule has 0 heterocycles. The van der Waals surface area contributed by atoms with Crippen molar-refractivity contribution >= 4 is 49.1 Å². The first-order valence-corrected chi connectivity index (χ1v) is 10.3. The number of hydrogen-bond donors (Lipinski definition) is 2. The predicted molar refractivity (Wildman–Crippen MR) is 110 cm³/mol. The number of sulfonamides is 1. The van der Waals surface area contributed by atoms with Crippen LogP contribution in [0.4, 0.5) is 11.4 Å².